The smallest absolute Gasteiger partial charge is 0.222 e. The Balaban J connectivity index is 1.35. The highest BCUT2D eigenvalue weighted by Gasteiger charge is 2.23. The monoisotopic (exact) mass is 331 g/mol. The van der Waals surface area contributed by atoms with E-state index in [1.165, 1.54) is 12.0 Å². The van der Waals surface area contributed by atoms with Crippen LogP contribution in [0.5, 0.6) is 0 Å². The summed E-state index contributed by atoms with van der Waals surface area (Å²) in [6.07, 6.45) is 2.78. The van der Waals surface area contributed by atoms with E-state index in [9.17, 15) is 4.79 Å². The first-order valence-corrected chi connectivity index (χ1v) is 9.15. The summed E-state index contributed by atoms with van der Waals surface area (Å²) in [5.41, 5.74) is 1.31. The van der Waals surface area contributed by atoms with Gasteiger partial charge < -0.3 is 15.4 Å². The number of hydrogen-bond acceptors (Lipinski definition) is 4. The zero-order valence-electron chi connectivity index (χ0n) is 14.4. The average Bonchev–Trinajstić information content (AvgIpc) is 3.09. The van der Waals surface area contributed by atoms with Crippen molar-refractivity contribution in [2.45, 2.75) is 31.9 Å². The van der Waals surface area contributed by atoms with Gasteiger partial charge in [0, 0.05) is 26.2 Å². The van der Waals surface area contributed by atoms with Crippen LogP contribution in [0.4, 0.5) is 0 Å². The molecule has 2 unspecified atom stereocenters. The van der Waals surface area contributed by atoms with Gasteiger partial charge in [0.05, 0.1) is 19.1 Å². The van der Waals surface area contributed by atoms with Crippen LogP contribution in [0.15, 0.2) is 30.3 Å². The lowest BCUT2D eigenvalue weighted by atomic mass is 10.1. The van der Waals surface area contributed by atoms with E-state index >= 15 is 0 Å². The first-order chi connectivity index (χ1) is 11.8. The molecule has 0 aliphatic carbocycles. The van der Waals surface area contributed by atoms with Crippen molar-refractivity contribution in [2.24, 2.45) is 5.92 Å². The van der Waals surface area contributed by atoms with E-state index in [4.69, 9.17) is 4.74 Å². The molecule has 2 N–H and O–H groups in total. The molecule has 3 rings (SSSR count). The van der Waals surface area contributed by atoms with Crippen LogP contribution in [-0.4, -0.2) is 56.2 Å². The number of morpholine rings is 1. The summed E-state index contributed by atoms with van der Waals surface area (Å²) < 4.78 is 5.78. The molecule has 2 aliphatic rings. The Morgan fingerprint density at radius 3 is 3.00 bits per heavy atom. The normalized spacial score (nSPS) is 24.8. The van der Waals surface area contributed by atoms with Crippen LogP contribution in [0, 0.1) is 5.92 Å². The number of nitrogens with zero attached hydrogens (tertiary/aromatic N) is 1. The van der Waals surface area contributed by atoms with Crippen LogP contribution in [0.2, 0.25) is 0 Å². The van der Waals surface area contributed by atoms with Gasteiger partial charge in [-0.3, -0.25) is 9.69 Å². The standard InChI is InChI=1S/C19H29N3O2/c23-19(21-9-7-16-6-8-20-13-16)12-18-15-22(10-11-24-18)14-17-4-2-1-3-5-17/h1-5,16,18,20H,6-15H2,(H,21,23). The molecule has 0 saturated carbocycles. The molecule has 0 radical (unpaired) electrons. The molecule has 2 aliphatic heterocycles. The minimum absolute atomic E-state index is 0.00982. The van der Waals surface area contributed by atoms with Crippen LogP contribution in [0.3, 0.4) is 0 Å². The van der Waals surface area contributed by atoms with Gasteiger partial charge in [0.15, 0.2) is 0 Å². The van der Waals surface area contributed by atoms with E-state index < -0.39 is 0 Å². The first kappa shape index (κ1) is 17.4. The summed E-state index contributed by atoms with van der Waals surface area (Å²) in [7, 11) is 0. The highest BCUT2D eigenvalue weighted by Crippen LogP contribution is 2.13. The molecule has 2 atom stereocenters. The Morgan fingerprint density at radius 1 is 1.33 bits per heavy atom. The Morgan fingerprint density at radius 2 is 2.21 bits per heavy atom. The molecule has 2 fully saturated rings. The summed E-state index contributed by atoms with van der Waals surface area (Å²) in [4.78, 5) is 14.5. The van der Waals surface area contributed by atoms with Gasteiger partial charge in [-0.2, -0.15) is 0 Å². The Hall–Kier alpha value is -1.43. The minimum Gasteiger partial charge on any atom is -0.375 e. The van der Waals surface area contributed by atoms with Crippen molar-refractivity contribution < 1.29 is 9.53 Å². The summed E-state index contributed by atoms with van der Waals surface area (Å²) in [6, 6.07) is 10.5. The van der Waals surface area contributed by atoms with Crippen LogP contribution in [-0.2, 0) is 16.1 Å². The van der Waals surface area contributed by atoms with Gasteiger partial charge in [-0.05, 0) is 37.4 Å². The molecular weight excluding hydrogens is 302 g/mol. The number of ether oxygens (including phenoxy) is 1. The minimum atomic E-state index is 0.00982. The number of amides is 1. The topological polar surface area (TPSA) is 53.6 Å². The highest BCUT2D eigenvalue weighted by atomic mass is 16.5. The van der Waals surface area contributed by atoms with Crippen LogP contribution in [0.1, 0.15) is 24.8 Å². The maximum Gasteiger partial charge on any atom is 0.222 e. The largest absolute Gasteiger partial charge is 0.375 e. The van der Waals surface area contributed by atoms with Crippen LogP contribution >= 0.6 is 0 Å². The zero-order chi connectivity index (χ0) is 16.6. The number of nitrogens with one attached hydrogen (secondary N) is 2. The van der Waals surface area contributed by atoms with E-state index in [-0.39, 0.29) is 12.0 Å². The van der Waals surface area contributed by atoms with Gasteiger partial charge in [-0.1, -0.05) is 30.3 Å². The third kappa shape index (κ3) is 5.58. The van der Waals surface area contributed by atoms with Gasteiger partial charge in [0.25, 0.3) is 0 Å². The van der Waals surface area contributed by atoms with Crippen molar-refractivity contribution in [1.29, 1.82) is 0 Å². The first-order valence-electron chi connectivity index (χ1n) is 9.15. The second-order valence-corrected chi connectivity index (χ2v) is 6.92. The lowest BCUT2D eigenvalue weighted by molar-refractivity contribution is -0.126. The molecular formula is C19H29N3O2. The number of carbonyl (C=O) groups is 1. The third-order valence-electron chi connectivity index (χ3n) is 4.92. The summed E-state index contributed by atoms with van der Waals surface area (Å²) >= 11 is 0. The van der Waals surface area contributed by atoms with Crippen molar-refractivity contribution in [3.63, 3.8) is 0 Å². The maximum absolute atomic E-state index is 12.1. The van der Waals surface area contributed by atoms with Gasteiger partial charge in [-0.15, -0.1) is 0 Å². The molecule has 2 heterocycles. The molecule has 0 aromatic heterocycles. The fourth-order valence-corrected chi connectivity index (χ4v) is 3.54. The third-order valence-corrected chi connectivity index (χ3v) is 4.92. The predicted molar refractivity (Wildman–Crippen MR) is 94.7 cm³/mol. The maximum atomic E-state index is 12.1. The van der Waals surface area contributed by atoms with Crippen LogP contribution in [0.25, 0.3) is 0 Å². The average molecular weight is 331 g/mol. The van der Waals surface area contributed by atoms with Gasteiger partial charge >= 0.3 is 0 Å². The van der Waals surface area contributed by atoms with E-state index in [2.05, 4.69) is 39.8 Å². The van der Waals surface area contributed by atoms with E-state index in [0.29, 0.717) is 13.0 Å². The second kappa shape index (κ2) is 9.16. The molecule has 1 amide bonds. The molecule has 1 aromatic carbocycles. The lowest BCUT2D eigenvalue weighted by Crippen LogP contribution is -2.44. The van der Waals surface area contributed by atoms with Crippen molar-refractivity contribution in [3.8, 4) is 0 Å². The molecule has 2 saturated heterocycles. The van der Waals surface area contributed by atoms with Gasteiger partial charge in [0.1, 0.15) is 0 Å². The molecule has 1 aromatic rings. The predicted octanol–water partition coefficient (Wildman–Crippen LogP) is 1.39. The summed E-state index contributed by atoms with van der Waals surface area (Å²) in [5, 5.41) is 6.42. The van der Waals surface area contributed by atoms with E-state index in [1.807, 2.05) is 6.07 Å². The van der Waals surface area contributed by atoms with Crippen LogP contribution < -0.4 is 10.6 Å². The molecule has 0 spiro atoms. The number of benzene rings is 1. The quantitative estimate of drug-likeness (QED) is 0.793. The molecule has 0 bridgehead atoms. The summed E-state index contributed by atoms with van der Waals surface area (Å²) in [5.74, 6) is 0.838. The lowest BCUT2D eigenvalue weighted by Gasteiger charge is -2.32. The van der Waals surface area contributed by atoms with Gasteiger partial charge in [0.2, 0.25) is 5.91 Å². The number of hydrogen-bond donors (Lipinski definition) is 2. The second-order valence-electron chi connectivity index (χ2n) is 6.92. The highest BCUT2D eigenvalue weighted by molar-refractivity contribution is 5.76. The van der Waals surface area contributed by atoms with Gasteiger partial charge in [-0.25, -0.2) is 0 Å². The molecule has 5 heteroatoms. The van der Waals surface area contributed by atoms with Crippen molar-refractivity contribution in [2.75, 3.05) is 39.3 Å². The van der Waals surface area contributed by atoms with E-state index in [0.717, 1.165) is 51.6 Å². The zero-order valence-corrected chi connectivity index (χ0v) is 14.4. The van der Waals surface area contributed by atoms with Crippen molar-refractivity contribution in [1.82, 2.24) is 15.5 Å². The SMILES string of the molecule is O=C(CC1CN(Cc2ccccc2)CCO1)NCCC1CCNC1. The number of carbonyl (C=O) groups excluding carboxylic acids is 1. The molecule has 5 nitrogen and oxygen atoms in total. The molecule has 132 valence electrons. The van der Waals surface area contributed by atoms with Crippen molar-refractivity contribution >= 4 is 5.91 Å². The fourth-order valence-electron chi connectivity index (χ4n) is 3.54. The Labute approximate surface area is 144 Å². The molecule has 24 heavy (non-hydrogen) atoms. The fraction of sp³-hybridized carbons (Fsp3) is 0.632. The number of rotatable bonds is 7. The van der Waals surface area contributed by atoms with Crippen molar-refractivity contribution in [3.05, 3.63) is 35.9 Å². The Bertz CT molecular complexity index is 503. The van der Waals surface area contributed by atoms with E-state index in [1.54, 1.807) is 0 Å². The Kier molecular flexibility index (Phi) is 6.64. The summed E-state index contributed by atoms with van der Waals surface area (Å²) in [6.45, 7) is 6.39.